The first-order chi connectivity index (χ1) is 11.6. The van der Waals surface area contributed by atoms with E-state index in [0.29, 0.717) is 18.7 Å². The molecule has 5 nitrogen and oxygen atoms in total. The minimum Gasteiger partial charge on any atom is -0.387 e. The van der Waals surface area contributed by atoms with Gasteiger partial charge in [-0.2, -0.15) is 0 Å². The lowest BCUT2D eigenvalue weighted by Crippen LogP contribution is -2.40. The summed E-state index contributed by atoms with van der Waals surface area (Å²) >= 11 is 0. The first-order valence-electron chi connectivity index (χ1n) is 8.12. The minimum atomic E-state index is -0.183. The van der Waals surface area contributed by atoms with Gasteiger partial charge in [-0.05, 0) is 31.0 Å². The van der Waals surface area contributed by atoms with E-state index in [1.807, 2.05) is 56.3 Å². The Morgan fingerprint density at radius 3 is 2.71 bits per heavy atom. The molecule has 24 heavy (non-hydrogen) atoms. The van der Waals surface area contributed by atoms with Crippen LogP contribution in [0.25, 0.3) is 0 Å². The van der Waals surface area contributed by atoms with Crippen LogP contribution in [0.4, 0.5) is 0 Å². The topological polar surface area (TPSA) is 54.8 Å². The van der Waals surface area contributed by atoms with E-state index in [-0.39, 0.29) is 18.1 Å². The van der Waals surface area contributed by atoms with Crippen LogP contribution in [-0.2, 0) is 16.2 Å². The molecule has 1 aromatic carbocycles. The van der Waals surface area contributed by atoms with Gasteiger partial charge in [-0.15, -0.1) is 0 Å². The molecule has 5 heteroatoms. The molecule has 0 saturated carbocycles. The molecular weight excluding hydrogens is 302 g/mol. The number of carbonyl (C=O) groups excluding carboxylic acids is 1. The highest BCUT2D eigenvalue weighted by Crippen LogP contribution is 2.28. The second-order valence-corrected chi connectivity index (χ2v) is 6.13. The van der Waals surface area contributed by atoms with Gasteiger partial charge >= 0.3 is 0 Å². The third kappa shape index (κ3) is 3.62. The fourth-order valence-corrected chi connectivity index (χ4v) is 2.69. The highest BCUT2D eigenvalue weighted by atomic mass is 16.6. The van der Waals surface area contributed by atoms with Crippen LogP contribution in [0.3, 0.4) is 0 Å². The molecule has 0 N–H and O–H groups in total. The molecule has 0 aliphatic carbocycles. The molecular formula is C19H21N3O2. The molecule has 124 valence electrons. The fraction of sp³-hybridized carbons (Fsp3) is 0.316. The predicted molar refractivity (Wildman–Crippen MR) is 92.2 cm³/mol. The van der Waals surface area contributed by atoms with Crippen LogP contribution in [0.2, 0.25) is 0 Å². The summed E-state index contributed by atoms with van der Waals surface area (Å²) in [5, 5.41) is 4.05. The van der Waals surface area contributed by atoms with Crippen LogP contribution in [0.5, 0.6) is 0 Å². The molecule has 1 atom stereocenters. The van der Waals surface area contributed by atoms with Gasteiger partial charge in [0.15, 0.2) is 6.10 Å². The largest absolute Gasteiger partial charge is 0.387 e. The highest BCUT2D eigenvalue weighted by Gasteiger charge is 2.31. The van der Waals surface area contributed by atoms with Gasteiger partial charge in [0.25, 0.3) is 5.91 Å². The summed E-state index contributed by atoms with van der Waals surface area (Å²) < 4.78 is 0. The van der Waals surface area contributed by atoms with Crippen molar-refractivity contribution in [3.8, 4) is 0 Å². The van der Waals surface area contributed by atoms with Gasteiger partial charge < -0.3 is 9.74 Å². The van der Waals surface area contributed by atoms with E-state index in [0.717, 1.165) is 11.1 Å². The van der Waals surface area contributed by atoms with E-state index in [9.17, 15) is 4.79 Å². The van der Waals surface area contributed by atoms with Crippen molar-refractivity contribution in [1.29, 1.82) is 0 Å². The summed E-state index contributed by atoms with van der Waals surface area (Å²) in [4.78, 5) is 24.3. The number of hydrogen-bond donors (Lipinski definition) is 0. The van der Waals surface area contributed by atoms with Crippen molar-refractivity contribution in [2.75, 3.05) is 0 Å². The number of amides is 1. The Kier molecular flexibility index (Phi) is 4.89. The van der Waals surface area contributed by atoms with Crippen LogP contribution in [0.1, 0.15) is 37.5 Å². The first-order valence-corrected chi connectivity index (χ1v) is 8.12. The second-order valence-electron chi connectivity index (χ2n) is 6.13. The predicted octanol–water partition coefficient (Wildman–Crippen LogP) is 3.34. The van der Waals surface area contributed by atoms with Crippen LogP contribution >= 0.6 is 0 Å². The van der Waals surface area contributed by atoms with E-state index >= 15 is 0 Å². The third-order valence-corrected chi connectivity index (χ3v) is 4.05. The van der Waals surface area contributed by atoms with Gasteiger partial charge in [0.05, 0.1) is 0 Å². The van der Waals surface area contributed by atoms with Crippen molar-refractivity contribution >= 4 is 11.6 Å². The Balaban J connectivity index is 1.70. The molecule has 0 fully saturated rings. The molecule has 0 bridgehead atoms. The van der Waals surface area contributed by atoms with Crippen LogP contribution in [0, 0.1) is 0 Å². The zero-order chi connectivity index (χ0) is 16.9. The zero-order valence-electron chi connectivity index (χ0n) is 13.9. The Morgan fingerprint density at radius 2 is 2.04 bits per heavy atom. The number of nitrogens with zero attached hydrogens (tertiary/aromatic N) is 3. The average Bonchev–Trinajstić information content (AvgIpc) is 3.11. The van der Waals surface area contributed by atoms with E-state index in [2.05, 4.69) is 10.1 Å². The van der Waals surface area contributed by atoms with Gasteiger partial charge in [-0.1, -0.05) is 41.6 Å². The van der Waals surface area contributed by atoms with E-state index in [1.165, 1.54) is 0 Å². The maximum atomic E-state index is 12.9. The second kappa shape index (κ2) is 7.25. The lowest BCUT2D eigenvalue weighted by atomic mass is 10.0. The minimum absolute atomic E-state index is 0.0659. The lowest BCUT2D eigenvalue weighted by Gasteiger charge is -2.26. The van der Waals surface area contributed by atoms with Crippen molar-refractivity contribution in [1.82, 2.24) is 9.88 Å². The van der Waals surface area contributed by atoms with E-state index in [4.69, 9.17) is 4.84 Å². The summed E-state index contributed by atoms with van der Waals surface area (Å²) in [5.74, 6) is -0.0766. The fourth-order valence-electron chi connectivity index (χ4n) is 2.69. The molecule has 0 spiro atoms. The number of benzene rings is 1. The van der Waals surface area contributed by atoms with Crippen LogP contribution in [0.15, 0.2) is 60.0 Å². The van der Waals surface area contributed by atoms with Gasteiger partial charge in [0.2, 0.25) is 0 Å². The normalized spacial score (nSPS) is 16.6. The maximum Gasteiger partial charge on any atom is 0.272 e. The number of carbonyl (C=O) groups is 1. The Morgan fingerprint density at radius 1 is 1.25 bits per heavy atom. The number of oxime groups is 1. The number of rotatable bonds is 5. The molecule has 1 aliphatic heterocycles. The quantitative estimate of drug-likeness (QED) is 0.848. The van der Waals surface area contributed by atoms with Crippen molar-refractivity contribution in [2.45, 2.75) is 39.0 Å². The molecule has 1 amide bonds. The van der Waals surface area contributed by atoms with Crippen LogP contribution < -0.4 is 0 Å². The summed E-state index contributed by atoms with van der Waals surface area (Å²) in [5.41, 5.74) is 2.51. The van der Waals surface area contributed by atoms with Crippen molar-refractivity contribution in [3.05, 3.63) is 66.0 Å². The van der Waals surface area contributed by atoms with Crippen molar-refractivity contribution < 1.29 is 9.63 Å². The van der Waals surface area contributed by atoms with Gasteiger partial charge in [0.1, 0.15) is 5.71 Å². The molecule has 1 unspecified atom stereocenters. The summed E-state index contributed by atoms with van der Waals surface area (Å²) in [7, 11) is 0. The Labute approximate surface area is 142 Å². The molecule has 1 aliphatic rings. The monoisotopic (exact) mass is 323 g/mol. The molecule has 3 rings (SSSR count). The summed E-state index contributed by atoms with van der Waals surface area (Å²) in [6.07, 6.45) is 3.82. The maximum absolute atomic E-state index is 12.9. The summed E-state index contributed by atoms with van der Waals surface area (Å²) in [6, 6.07) is 13.8. The smallest absolute Gasteiger partial charge is 0.272 e. The van der Waals surface area contributed by atoms with Crippen LogP contribution in [-0.4, -0.2) is 27.5 Å². The Bertz CT molecular complexity index is 714. The van der Waals surface area contributed by atoms with Gasteiger partial charge in [0, 0.05) is 31.4 Å². The summed E-state index contributed by atoms with van der Waals surface area (Å²) in [6.45, 7) is 4.51. The van der Waals surface area contributed by atoms with E-state index < -0.39 is 0 Å². The highest BCUT2D eigenvalue weighted by molar-refractivity contribution is 6.39. The SMILES string of the molecule is CC(C)N(Cc1cccnc1)C(=O)C1=NOC(c2ccccc2)C1. The zero-order valence-corrected chi connectivity index (χ0v) is 13.9. The molecule has 2 aromatic rings. The lowest BCUT2D eigenvalue weighted by molar-refractivity contribution is -0.126. The number of pyridine rings is 1. The van der Waals surface area contributed by atoms with Gasteiger partial charge in [-0.25, -0.2) is 0 Å². The molecule has 2 heterocycles. The standard InChI is InChI=1S/C19H21N3O2/c1-14(2)22(13-15-7-6-10-20-12-15)19(23)17-11-18(24-21-17)16-8-4-3-5-9-16/h3-10,12,14,18H,11,13H2,1-2H3. The number of aromatic nitrogens is 1. The Hall–Kier alpha value is -2.69. The number of hydrogen-bond acceptors (Lipinski definition) is 4. The van der Waals surface area contributed by atoms with E-state index in [1.54, 1.807) is 17.3 Å². The van der Waals surface area contributed by atoms with Gasteiger partial charge in [-0.3, -0.25) is 9.78 Å². The average molecular weight is 323 g/mol. The molecule has 0 radical (unpaired) electrons. The van der Waals surface area contributed by atoms with Crippen molar-refractivity contribution in [3.63, 3.8) is 0 Å². The molecule has 1 aromatic heterocycles. The van der Waals surface area contributed by atoms with Crippen molar-refractivity contribution in [2.24, 2.45) is 5.16 Å². The third-order valence-electron chi connectivity index (χ3n) is 4.05. The first kappa shape index (κ1) is 16.2. The molecule has 0 saturated heterocycles.